The molecule has 0 saturated carbocycles. The van der Waals surface area contributed by atoms with Gasteiger partial charge in [-0.3, -0.25) is 9.59 Å². The summed E-state index contributed by atoms with van der Waals surface area (Å²) < 4.78 is 35.4. The molecule has 22 heteroatoms. The van der Waals surface area contributed by atoms with E-state index in [1.165, 1.54) is 0 Å². The second-order valence-corrected chi connectivity index (χ2v) is 15.1. The summed E-state index contributed by atoms with van der Waals surface area (Å²) in [5.74, 6) is -6.40. The Kier molecular flexibility index (Phi) is 21.0. The lowest BCUT2D eigenvalue weighted by molar-refractivity contribution is -0.388. The Hall–Kier alpha value is -2.23. The first-order valence-electron chi connectivity index (χ1n) is 19.9. The fourth-order valence-corrected chi connectivity index (χ4v) is 7.37. The summed E-state index contributed by atoms with van der Waals surface area (Å²) in [5.41, 5.74) is 5.54. The lowest BCUT2D eigenvalue weighted by atomic mass is 9.88. The topological polar surface area (TPSA) is 359 Å². The summed E-state index contributed by atoms with van der Waals surface area (Å²) in [6, 6.07) is -3.10. The molecule has 58 heavy (non-hydrogen) atoms. The first kappa shape index (κ1) is 50.1. The van der Waals surface area contributed by atoms with Crippen molar-refractivity contribution in [3.05, 3.63) is 0 Å². The highest BCUT2D eigenvalue weighted by Crippen LogP contribution is 2.39. The third kappa shape index (κ3) is 13.4. The second-order valence-electron chi connectivity index (χ2n) is 15.1. The van der Waals surface area contributed by atoms with E-state index >= 15 is 0 Å². The van der Waals surface area contributed by atoms with Gasteiger partial charge >= 0.3 is 5.97 Å². The van der Waals surface area contributed by atoms with Crippen LogP contribution in [-0.2, 0) is 42.8 Å². The molecule has 3 aliphatic heterocycles. The molecule has 16 atom stereocenters. The number of carbonyl (C=O) groups is 3. The normalized spacial score (nSPS) is 36.5. The molecule has 2 amide bonds. The third-order valence-electron chi connectivity index (χ3n) is 10.5. The van der Waals surface area contributed by atoms with Gasteiger partial charge in [0.15, 0.2) is 12.6 Å². The number of aliphatic hydroxyl groups is 9. The molecule has 0 aromatic heterocycles. The Bertz CT molecular complexity index is 1260. The van der Waals surface area contributed by atoms with E-state index in [2.05, 4.69) is 10.6 Å². The van der Waals surface area contributed by atoms with E-state index in [0.717, 1.165) is 65.2 Å². The largest absolute Gasteiger partial charge is 0.477 e. The lowest BCUT2D eigenvalue weighted by Crippen LogP contribution is -2.71. The van der Waals surface area contributed by atoms with Gasteiger partial charge in [0.05, 0.1) is 32.0 Å². The number of amides is 2. The van der Waals surface area contributed by atoms with Crippen LogP contribution in [0, 0.1) is 0 Å². The van der Waals surface area contributed by atoms with Gasteiger partial charge in [-0.05, 0) is 19.4 Å². The summed E-state index contributed by atoms with van der Waals surface area (Å²) in [6.45, 7) is 0.0885. The number of aliphatic carboxylic acids is 1. The van der Waals surface area contributed by atoms with Crippen LogP contribution in [0.5, 0.6) is 0 Å². The highest BCUT2D eigenvalue weighted by Gasteiger charge is 2.60. The number of hydrogen-bond donors (Lipinski definition) is 13. The maximum Gasteiger partial charge on any atom is 0.364 e. The van der Waals surface area contributed by atoms with E-state index < -0.39 is 142 Å². The number of nitrogens with two attached hydrogens (primary N) is 1. The molecule has 0 unspecified atom stereocenters. The van der Waals surface area contributed by atoms with E-state index in [4.69, 9.17) is 34.2 Å². The minimum absolute atomic E-state index is 0.0399. The first-order valence-corrected chi connectivity index (χ1v) is 19.9. The minimum atomic E-state index is -3.03. The smallest absolute Gasteiger partial charge is 0.364 e. The van der Waals surface area contributed by atoms with Crippen molar-refractivity contribution >= 4 is 17.8 Å². The highest BCUT2D eigenvalue weighted by atomic mass is 16.8. The van der Waals surface area contributed by atoms with Gasteiger partial charge in [-0.1, -0.05) is 44.9 Å². The van der Waals surface area contributed by atoms with Gasteiger partial charge in [0.1, 0.15) is 67.1 Å². The molecule has 0 bridgehead atoms. The molecule has 0 aromatic rings. The molecule has 14 N–H and O–H groups in total. The molecule has 0 radical (unpaired) electrons. The number of unbranched alkanes of at least 4 members (excludes halogenated alkanes) is 8. The molecular weight excluding hydrogens is 778 g/mol. The average Bonchev–Trinajstić information content (AvgIpc) is 3.18. The number of hydrogen-bond acceptors (Lipinski definition) is 19. The number of rotatable bonds is 24. The van der Waals surface area contributed by atoms with Crippen LogP contribution in [0.2, 0.25) is 0 Å². The molecule has 3 rings (SSSR count). The second kappa shape index (κ2) is 24.3. The van der Waals surface area contributed by atoms with Crippen LogP contribution in [0.1, 0.15) is 78.1 Å². The van der Waals surface area contributed by atoms with E-state index in [0.29, 0.717) is 13.0 Å². The van der Waals surface area contributed by atoms with Crippen molar-refractivity contribution in [2.75, 3.05) is 33.0 Å². The highest BCUT2D eigenvalue weighted by molar-refractivity contribution is 5.76. The number of nitrogens with one attached hydrogen (secondary N) is 2. The quantitative estimate of drug-likeness (QED) is 0.0407. The fourth-order valence-electron chi connectivity index (χ4n) is 7.37. The molecule has 3 fully saturated rings. The zero-order valence-corrected chi connectivity index (χ0v) is 33.0. The van der Waals surface area contributed by atoms with Gasteiger partial charge < -0.3 is 95.9 Å². The number of carbonyl (C=O) groups excluding carboxylic acids is 2. The van der Waals surface area contributed by atoms with Crippen LogP contribution in [0.4, 0.5) is 0 Å². The van der Waals surface area contributed by atoms with Crippen LogP contribution >= 0.6 is 0 Å². The van der Waals surface area contributed by atoms with E-state index in [-0.39, 0.29) is 6.61 Å². The van der Waals surface area contributed by atoms with Gasteiger partial charge in [0, 0.05) is 26.9 Å². The number of carboxylic acids is 1. The van der Waals surface area contributed by atoms with Crippen molar-refractivity contribution in [2.45, 2.75) is 176 Å². The van der Waals surface area contributed by atoms with Crippen LogP contribution < -0.4 is 16.4 Å². The zero-order chi connectivity index (χ0) is 43.2. The van der Waals surface area contributed by atoms with Crippen molar-refractivity contribution in [2.24, 2.45) is 5.73 Å². The summed E-state index contributed by atoms with van der Waals surface area (Å²) >= 11 is 0. The van der Waals surface area contributed by atoms with Crippen molar-refractivity contribution in [3.63, 3.8) is 0 Å². The maximum atomic E-state index is 13.1. The summed E-state index contributed by atoms with van der Waals surface area (Å²) in [5, 5.41) is 111. The predicted octanol–water partition coefficient (Wildman–Crippen LogP) is -4.59. The predicted molar refractivity (Wildman–Crippen MR) is 196 cm³/mol. The van der Waals surface area contributed by atoms with Crippen LogP contribution in [0.3, 0.4) is 0 Å². The lowest BCUT2D eigenvalue weighted by Gasteiger charge is -2.51. The molecule has 22 nitrogen and oxygen atoms in total. The standard InChI is InChI=1S/C36H65N3O19/c1-18(43)38-24-20(45)14-36(35(51)52,57-31(24)26(47)21(46)15-40)58-32-29(50)34(53-13-11-9-7-5-3-4-6-8-10-12-37)55-23(17-42)30(32)56-33-25(39-19(2)44)28(49)27(48)22(16-41)54-33/h20-34,40-42,45-50H,3-17,37H2,1-2H3,(H,38,43)(H,39,44)(H,51,52)/t20-,21+,22+,23+,24+,25+,26+,27-,28+,29+,30-,31+,32+,33-,34+,36-/m0/s1. The van der Waals surface area contributed by atoms with Gasteiger partial charge in [0.2, 0.25) is 11.8 Å². The van der Waals surface area contributed by atoms with Gasteiger partial charge in [-0.25, -0.2) is 4.79 Å². The molecular formula is C36H65N3O19. The molecule has 3 aliphatic rings. The van der Waals surface area contributed by atoms with Crippen LogP contribution in [0.25, 0.3) is 0 Å². The molecule has 3 saturated heterocycles. The first-order chi connectivity index (χ1) is 27.5. The Morgan fingerprint density at radius 2 is 1.31 bits per heavy atom. The summed E-state index contributed by atoms with van der Waals surface area (Å²) in [6.07, 6.45) is -16.1. The van der Waals surface area contributed by atoms with Gasteiger partial charge in [0.25, 0.3) is 5.79 Å². The Morgan fingerprint density at radius 1 is 0.759 bits per heavy atom. The minimum Gasteiger partial charge on any atom is -0.477 e. The Labute approximate surface area is 336 Å². The molecule has 0 aliphatic carbocycles. The van der Waals surface area contributed by atoms with Crippen LogP contribution in [-0.4, -0.2) is 199 Å². The van der Waals surface area contributed by atoms with Crippen LogP contribution in [0.15, 0.2) is 0 Å². The average molecular weight is 844 g/mol. The molecule has 0 spiro atoms. The van der Waals surface area contributed by atoms with Crippen molar-refractivity contribution in [3.8, 4) is 0 Å². The third-order valence-corrected chi connectivity index (χ3v) is 10.5. The molecule has 3 heterocycles. The van der Waals surface area contributed by atoms with Crippen molar-refractivity contribution < 1.29 is 93.9 Å². The van der Waals surface area contributed by atoms with E-state index in [1.54, 1.807) is 0 Å². The zero-order valence-electron chi connectivity index (χ0n) is 33.0. The molecule has 338 valence electrons. The van der Waals surface area contributed by atoms with Gasteiger partial charge in [-0.15, -0.1) is 0 Å². The molecule has 0 aromatic carbocycles. The van der Waals surface area contributed by atoms with Crippen molar-refractivity contribution in [1.29, 1.82) is 0 Å². The van der Waals surface area contributed by atoms with Crippen molar-refractivity contribution in [1.82, 2.24) is 10.6 Å². The monoisotopic (exact) mass is 843 g/mol. The summed E-state index contributed by atoms with van der Waals surface area (Å²) in [4.78, 5) is 37.3. The van der Waals surface area contributed by atoms with E-state index in [9.17, 15) is 65.4 Å². The summed E-state index contributed by atoms with van der Waals surface area (Å²) in [7, 11) is 0. The fraction of sp³-hybridized carbons (Fsp3) is 0.917. The Morgan fingerprint density at radius 3 is 1.84 bits per heavy atom. The SMILES string of the molecule is CC(=O)N[C@H]1[C@H](O[C@@H]2[C@H](O[C@]3(C(=O)O)C[C@H](O)[C@@H](NC(C)=O)[C@H]([C@H](O)[C@H](O)CO)O3)[C@@H](O)[C@H](OCCCCCCCCCCCN)O[C@@H]2CO)O[C@H](CO)[C@H](O)[C@@H]1O. The number of carboxylic acid groups (broad SMARTS) is 1. The Balaban J connectivity index is 1.96. The van der Waals surface area contributed by atoms with Gasteiger partial charge in [-0.2, -0.15) is 0 Å². The van der Waals surface area contributed by atoms with E-state index in [1.807, 2.05) is 0 Å². The number of aliphatic hydroxyl groups excluding tert-OH is 9. The number of ether oxygens (including phenoxy) is 6. The maximum absolute atomic E-state index is 13.1.